The Balaban J connectivity index is 1.48. The molecule has 0 spiro atoms. The minimum Gasteiger partial charge on any atom is -0.351 e. The maximum absolute atomic E-state index is 12.2. The second-order valence-electron chi connectivity index (χ2n) is 6.26. The number of likely N-dealkylation sites (tertiary alicyclic amines) is 1. The van der Waals surface area contributed by atoms with Gasteiger partial charge in [-0.15, -0.1) is 5.10 Å². The van der Waals surface area contributed by atoms with Crippen LogP contribution in [0, 0.1) is 0 Å². The van der Waals surface area contributed by atoms with E-state index in [4.69, 9.17) is 0 Å². The van der Waals surface area contributed by atoms with Gasteiger partial charge in [0, 0.05) is 26.1 Å². The zero-order chi connectivity index (χ0) is 17.6. The summed E-state index contributed by atoms with van der Waals surface area (Å²) in [7, 11) is 0. The van der Waals surface area contributed by atoms with Crippen LogP contribution in [0.3, 0.4) is 0 Å². The lowest BCUT2D eigenvalue weighted by Crippen LogP contribution is -2.30. The number of amides is 2. The van der Waals surface area contributed by atoms with Crippen molar-refractivity contribution in [2.75, 3.05) is 19.6 Å². The summed E-state index contributed by atoms with van der Waals surface area (Å²) in [5.74, 6) is -0.0246. The quantitative estimate of drug-likeness (QED) is 0.776. The molecule has 132 valence electrons. The van der Waals surface area contributed by atoms with Gasteiger partial charge in [-0.3, -0.25) is 9.59 Å². The van der Waals surface area contributed by atoms with E-state index in [0.717, 1.165) is 24.9 Å². The molecule has 1 aliphatic heterocycles. The zero-order valence-corrected chi connectivity index (χ0v) is 14.4. The number of nitrogens with one attached hydrogen (secondary N) is 1. The van der Waals surface area contributed by atoms with E-state index in [0.29, 0.717) is 25.2 Å². The van der Waals surface area contributed by atoms with Crippen LogP contribution in [-0.2, 0) is 4.79 Å². The lowest BCUT2D eigenvalue weighted by atomic mass is 10.1. The lowest BCUT2D eigenvalue weighted by molar-refractivity contribution is -0.127. The molecule has 1 atom stereocenters. The normalized spacial score (nSPS) is 15.4. The van der Waals surface area contributed by atoms with Crippen molar-refractivity contribution < 1.29 is 9.59 Å². The number of carbonyl (C=O) groups excluding carboxylic acids is 2. The van der Waals surface area contributed by atoms with E-state index in [-0.39, 0.29) is 17.9 Å². The highest BCUT2D eigenvalue weighted by molar-refractivity contribution is 5.91. The molecule has 0 saturated carbocycles. The van der Waals surface area contributed by atoms with Gasteiger partial charge in [0.25, 0.3) is 5.91 Å². The van der Waals surface area contributed by atoms with E-state index in [1.54, 1.807) is 10.9 Å². The number of rotatable bonds is 7. The number of hydrogen-bond acceptors (Lipinski definition) is 4. The van der Waals surface area contributed by atoms with Crippen LogP contribution in [0.4, 0.5) is 0 Å². The van der Waals surface area contributed by atoms with Gasteiger partial charge in [0.2, 0.25) is 5.91 Å². The molecule has 7 nitrogen and oxygen atoms in total. The molecule has 25 heavy (non-hydrogen) atoms. The highest BCUT2D eigenvalue weighted by Gasteiger charge is 2.19. The van der Waals surface area contributed by atoms with E-state index < -0.39 is 0 Å². The summed E-state index contributed by atoms with van der Waals surface area (Å²) < 4.78 is 1.69. The van der Waals surface area contributed by atoms with E-state index in [1.807, 2.05) is 42.2 Å². The maximum atomic E-state index is 12.2. The molecule has 1 aliphatic rings. The van der Waals surface area contributed by atoms with Crippen LogP contribution in [0.25, 0.3) is 0 Å². The van der Waals surface area contributed by atoms with Crippen molar-refractivity contribution in [1.82, 2.24) is 25.2 Å². The minimum atomic E-state index is -0.237. The van der Waals surface area contributed by atoms with E-state index in [1.165, 1.54) is 0 Å². The summed E-state index contributed by atoms with van der Waals surface area (Å²) in [4.78, 5) is 25.5. The molecule has 7 heteroatoms. The summed E-state index contributed by atoms with van der Waals surface area (Å²) >= 11 is 0. The summed E-state index contributed by atoms with van der Waals surface area (Å²) in [6.07, 6.45) is 3.99. The summed E-state index contributed by atoms with van der Waals surface area (Å²) in [6, 6.07) is 9.96. The third-order valence-electron chi connectivity index (χ3n) is 4.48. The standard InChI is InChI=1S/C18H23N5O2/c1-14(15-7-3-2-4-8-15)23-13-16(20-21-23)18(25)19-10-6-12-22-11-5-9-17(22)24/h2-4,7-8,13-14H,5-6,9-12H2,1H3,(H,19,25). The molecule has 1 aromatic heterocycles. The second kappa shape index (κ2) is 7.92. The van der Waals surface area contributed by atoms with Gasteiger partial charge in [-0.1, -0.05) is 35.5 Å². The second-order valence-corrected chi connectivity index (χ2v) is 6.26. The largest absolute Gasteiger partial charge is 0.351 e. The predicted molar refractivity (Wildman–Crippen MR) is 93.0 cm³/mol. The van der Waals surface area contributed by atoms with Gasteiger partial charge in [0.1, 0.15) is 0 Å². The number of hydrogen-bond donors (Lipinski definition) is 1. The third kappa shape index (κ3) is 4.23. The van der Waals surface area contributed by atoms with Gasteiger partial charge in [0.05, 0.1) is 12.2 Å². The fraction of sp³-hybridized carbons (Fsp3) is 0.444. The van der Waals surface area contributed by atoms with Crippen molar-refractivity contribution >= 4 is 11.8 Å². The zero-order valence-electron chi connectivity index (χ0n) is 14.4. The fourth-order valence-corrected chi connectivity index (χ4v) is 2.96. The lowest BCUT2D eigenvalue weighted by Gasteiger charge is -2.15. The molecule has 0 radical (unpaired) electrons. The molecule has 2 heterocycles. The first-order valence-corrected chi connectivity index (χ1v) is 8.68. The molecular formula is C18H23N5O2. The van der Waals surface area contributed by atoms with Gasteiger partial charge in [-0.2, -0.15) is 0 Å². The molecule has 1 fully saturated rings. The van der Waals surface area contributed by atoms with Crippen molar-refractivity contribution in [3.63, 3.8) is 0 Å². The van der Waals surface area contributed by atoms with Gasteiger partial charge in [0.15, 0.2) is 5.69 Å². The minimum absolute atomic E-state index is 0.0106. The smallest absolute Gasteiger partial charge is 0.273 e. The van der Waals surface area contributed by atoms with Crippen LogP contribution in [0.5, 0.6) is 0 Å². The number of carbonyl (C=O) groups is 2. The molecule has 3 rings (SSSR count). The molecule has 1 unspecified atom stereocenters. The Morgan fingerprint density at radius 3 is 2.84 bits per heavy atom. The van der Waals surface area contributed by atoms with Gasteiger partial charge < -0.3 is 10.2 Å². The highest BCUT2D eigenvalue weighted by atomic mass is 16.2. The molecule has 0 bridgehead atoms. The molecule has 2 aromatic rings. The predicted octanol–water partition coefficient (Wildman–Crippen LogP) is 1.63. The van der Waals surface area contributed by atoms with E-state index in [2.05, 4.69) is 15.6 Å². The Bertz CT molecular complexity index is 728. The van der Waals surface area contributed by atoms with Gasteiger partial charge >= 0.3 is 0 Å². The average molecular weight is 341 g/mol. The first kappa shape index (κ1) is 17.1. The van der Waals surface area contributed by atoms with E-state index >= 15 is 0 Å². The molecule has 1 saturated heterocycles. The summed E-state index contributed by atoms with van der Waals surface area (Å²) in [6.45, 7) is 4.05. The topological polar surface area (TPSA) is 80.1 Å². The molecule has 1 N–H and O–H groups in total. The first-order chi connectivity index (χ1) is 12.1. The van der Waals surface area contributed by atoms with Crippen LogP contribution < -0.4 is 5.32 Å². The fourth-order valence-electron chi connectivity index (χ4n) is 2.96. The number of benzene rings is 1. The Morgan fingerprint density at radius 2 is 2.12 bits per heavy atom. The van der Waals surface area contributed by atoms with Crippen molar-refractivity contribution in [3.05, 3.63) is 47.8 Å². The molecular weight excluding hydrogens is 318 g/mol. The Kier molecular flexibility index (Phi) is 5.42. The highest BCUT2D eigenvalue weighted by Crippen LogP contribution is 2.16. The van der Waals surface area contributed by atoms with Crippen LogP contribution in [0.1, 0.15) is 48.3 Å². The molecule has 2 amide bonds. The van der Waals surface area contributed by atoms with E-state index in [9.17, 15) is 9.59 Å². The summed E-state index contributed by atoms with van der Waals surface area (Å²) in [5.41, 5.74) is 1.41. The average Bonchev–Trinajstić information content (AvgIpc) is 3.28. The Labute approximate surface area is 147 Å². The Morgan fingerprint density at radius 1 is 1.32 bits per heavy atom. The van der Waals surface area contributed by atoms with Crippen LogP contribution in [0.2, 0.25) is 0 Å². The monoisotopic (exact) mass is 341 g/mol. The first-order valence-electron chi connectivity index (χ1n) is 8.68. The number of nitrogens with zero attached hydrogens (tertiary/aromatic N) is 4. The third-order valence-corrected chi connectivity index (χ3v) is 4.48. The van der Waals surface area contributed by atoms with Crippen LogP contribution in [-0.4, -0.2) is 51.3 Å². The van der Waals surface area contributed by atoms with Gasteiger partial charge in [-0.05, 0) is 25.3 Å². The van der Waals surface area contributed by atoms with Crippen molar-refractivity contribution in [1.29, 1.82) is 0 Å². The summed E-state index contributed by atoms with van der Waals surface area (Å²) in [5, 5.41) is 10.9. The van der Waals surface area contributed by atoms with Crippen molar-refractivity contribution in [2.24, 2.45) is 0 Å². The maximum Gasteiger partial charge on any atom is 0.273 e. The molecule has 0 aliphatic carbocycles. The van der Waals surface area contributed by atoms with Crippen molar-refractivity contribution in [2.45, 2.75) is 32.2 Å². The van der Waals surface area contributed by atoms with Crippen LogP contribution >= 0.6 is 0 Å². The molecule has 1 aromatic carbocycles. The van der Waals surface area contributed by atoms with Gasteiger partial charge in [-0.25, -0.2) is 4.68 Å². The van der Waals surface area contributed by atoms with Crippen molar-refractivity contribution in [3.8, 4) is 0 Å². The van der Waals surface area contributed by atoms with Crippen LogP contribution in [0.15, 0.2) is 36.5 Å². The Hall–Kier alpha value is -2.70. The SMILES string of the molecule is CC(c1ccccc1)n1cc(C(=O)NCCCN2CCCC2=O)nn1. The number of aromatic nitrogens is 3.